The molecular formula is C17H23N3O4. The molecule has 0 aromatic heterocycles. The predicted octanol–water partition coefficient (Wildman–Crippen LogP) is 1.39. The van der Waals surface area contributed by atoms with Crippen molar-refractivity contribution in [1.29, 1.82) is 0 Å². The van der Waals surface area contributed by atoms with E-state index in [-0.39, 0.29) is 12.1 Å². The number of hydrogen-bond acceptors (Lipinski definition) is 4. The van der Waals surface area contributed by atoms with Gasteiger partial charge in [-0.3, -0.25) is 9.59 Å². The van der Waals surface area contributed by atoms with Gasteiger partial charge in [0.05, 0.1) is 6.61 Å². The van der Waals surface area contributed by atoms with E-state index in [2.05, 4.69) is 5.32 Å². The maximum absolute atomic E-state index is 12.2. The van der Waals surface area contributed by atoms with Crippen LogP contribution in [0.2, 0.25) is 0 Å². The molecular weight excluding hydrogens is 310 g/mol. The molecule has 0 spiro atoms. The van der Waals surface area contributed by atoms with Crippen molar-refractivity contribution < 1.29 is 19.1 Å². The number of hydrogen-bond donors (Lipinski definition) is 1. The van der Waals surface area contributed by atoms with Crippen molar-refractivity contribution in [1.82, 2.24) is 10.2 Å². The van der Waals surface area contributed by atoms with E-state index >= 15 is 0 Å². The van der Waals surface area contributed by atoms with Gasteiger partial charge in [0.1, 0.15) is 0 Å². The smallest absolute Gasteiger partial charge is 0.409 e. The first kappa shape index (κ1) is 17.8. The summed E-state index contributed by atoms with van der Waals surface area (Å²) in [4.78, 5) is 38.9. The second kappa shape index (κ2) is 8.33. The Kier molecular flexibility index (Phi) is 6.17. The Bertz CT molecular complexity index is 583. The summed E-state index contributed by atoms with van der Waals surface area (Å²) in [6, 6.07) is 8.88. The van der Waals surface area contributed by atoms with Gasteiger partial charge in [-0.15, -0.1) is 0 Å². The molecule has 1 saturated heterocycles. The molecule has 7 nitrogen and oxygen atoms in total. The highest BCUT2D eigenvalue weighted by molar-refractivity contribution is 6.40. The van der Waals surface area contributed by atoms with Crippen LogP contribution < -0.4 is 10.2 Å². The molecule has 1 aliphatic heterocycles. The number of amides is 3. The lowest BCUT2D eigenvalue weighted by Crippen LogP contribution is -2.50. The number of likely N-dealkylation sites (N-methyl/N-ethyl adjacent to an activating group) is 1. The van der Waals surface area contributed by atoms with Crippen LogP contribution in [0.5, 0.6) is 0 Å². The highest BCUT2D eigenvalue weighted by Gasteiger charge is 2.27. The van der Waals surface area contributed by atoms with Crippen LogP contribution in [0, 0.1) is 0 Å². The van der Waals surface area contributed by atoms with Gasteiger partial charge in [-0.2, -0.15) is 0 Å². The highest BCUT2D eigenvalue weighted by Crippen LogP contribution is 2.13. The minimum Gasteiger partial charge on any atom is -0.450 e. The van der Waals surface area contributed by atoms with Crippen molar-refractivity contribution >= 4 is 23.6 Å². The molecule has 1 aromatic carbocycles. The van der Waals surface area contributed by atoms with Crippen LogP contribution in [0.3, 0.4) is 0 Å². The molecule has 130 valence electrons. The van der Waals surface area contributed by atoms with Crippen molar-refractivity contribution in [2.24, 2.45) is 0 Å². The second-order valence-electron chi connectivity index (χ2n) is 5.63. The van der Waals surface area contributed by atoms with Crippen LogP contribution in [0.25, 0.3) is 0 Å². The topological polar surface area (TPSA) is 79.0 Å². The van der Waals surface area contributed by atoms with Gasteiger partial charge in [0.25, 0.3) is 0 Å². The predicted molar refractivity (Wildman–Crippen MR) is 89.6 cm³/mol. The molecule has 0 aliphatic carbocycles. The monoisotopic (exact) mass is 333 g/mol. The average molecular weight is 333 g/mol. The molecule has 1 fully saturated rings. The van der Waals surface area contributed by atoms with Crippen molar-refractivity contribution in [3.8, 4) is 0 Å². The Morgan fingerprint density at radius 1 is 1.21 bits per heavy atom. The number of likely N-dealkylation sites (tertiary alicyclic amines) is 1. The summed E-state index contributed by atoms with van der Waals surface area (Å²) >= 11 is 0. The molecule has 1 aromatic rings. The number of benzene rings is 1. The molecule has 0 radical (unpaired) electrons. The van der Waals surface area contributed by atoms with Crippen LogP contribution in [-0.2, 0) is 14.3 Å². The first-order valence-corrected chi connectivity index (χ1v) is 8.08. The van der Waals surface area contributed by atoms with Gasteiger partial charge in [0, 0.05) is 31.9 Å². The van der Waals surface area contributed by atoms with Crippen molar-refractivity contribution in [3.05, 3.63) is 30.3 Å². The molecule has 3 amide bonds. The molecule has 0 saturated carbocycles. The molecule has 0 atom stereocenters. The summed E-state index contributed by atoms with van der Waals surface area (Å²) in [5.41, 5.74) is 0.662. The lowest BCUT2D eigenvalue weighted by Gasteiger charge is -2.31. The zero-order chi connectivity index (χ0) is 17.5. The van der Waals surface area contributed by atoms with E-state index in [1.54, 1.807) is 31.0 Å². The standard InChI is InChI=1S/C17H23N3O4/c1-3-24-17(23)20-11-9-13(10-12-20)18-15(21)16(22)19(2)14-7-5-4-6-8-14/h4-8,13H,3,9-12H2,1-2H3,(H,18,21). The second-order valence-corrected chi connectivity index (χ2v) is 5.63. The third-order valence-electron chi connectivity index (χ3n) is 4.00. The molecule has 1 N–H and O–H groups in total. The average Bonchev–Trinajstić information content (AvgIpc) is 2.62. The molecule has 24 heavy (non-hydrogen) atoms. The van der Waals surface area contributed by atoms with Crippen molar-refractivity contribution in [2.45, 2.75) is 25.8 Å². The zero-order valence-electron chi connectivity index (χ0n) is 14.0. The Labute approximate surface area is 141 Å². The van der Waals surface area contributed by atoms with Crippen molar-refractivity contribution in [2.75, 3.05) is 31.6 Å². The number of rotatable bonds is 3. The van der Waals surface area contributed by atoms with Gasteiger partial charge < -0.3 is 19.9 Å². The Balaban J connectivity index is 1.83. The zero-order valence-corrected chi connectivity index (χ0v) is 14.0. The largest absolute Gasteiger partial charge is 0.450 e. The number of carbonyl (C=O) groups excluding carboxylic acids is 3. The SMILES string of the molecule is CCOC(=O)N1CCC(NC(=O)C(=O)N(C)c2ccccc2)CC1. The maximum atomic E-state index is 12.2. The van der Waals surface area contributed by atoms with E-state index in [4.69, 9.17) is 4.74 Å². The molecule has 1 aliphatic rings. The van der Waals surface area contributed by atoms with Gasteiger partial charge in [0.2, 0.25) is 0 Å². The number of ether oxygens (including phenoxy) is 1. The van der Waals surface area contributed by atoms with Crippen LogP contribution in [0.15, 0.2) is 30.3 Å². The maximum Gasteiger partial charge on any atom is 0.409 e. The number of para-hydroxylation sites is 1. The van der Waals surface area contributed by atoms with Crippen molar-refractivity contribution in [3.63, 3.8) is 0 Å². The fourth-order valence-corrected chi connectivity index (χ4v) is 2.59. The lowest BCUT2D eigenvalue weighted by atomic mass is 10.1. The summed E-state index contributed by atoms with van der Waals surface area (Å²) in [6.07, 6.45) is 0.877. The summed E-state index contributed by atoms with van der Waals surface area (Å²) in [6.45, 7) is 3.12. The molecule has 1 heterocycles. The fourth-order valence-electron chi connectivity index (χ4n) is 2.59. The third-order valence-corrected chi connectivity index (χ3v) is 4.00. The van der Waals surface area contributed by atoms with E-state index < -0.39 is 11.8 Å². The minimum atomic E-state index is -0.629. The van der Waals surface area contributed by atoms with Crippen LogP contribution >= 0.6 is 0 Å². The summed E-state index contributed by atoms with van der Waals surface area (Å²) < 4.78 is 4.96. The van der Waals surface area contributed by atoms with Gasteiger partial charge in [-0.05, 0) is 31.9 Å². The van der Waals surface area contributed by atoms with E-state index in [1.165, 1.54) is 4.90 Å². The molecule has 2 rings (SSSR count). The first-order chi connectivity index (χ1) is 11.5. The van der Waals surface area contributed by atoms with Crippen LogP contribution in [-0.4, -0.2) is 55.6 Å². The summed E-state index contributed by atoms with van der Waals surface area (Å²) in [7, 11) is 1.57. The third kappa shape index (κ3) is 4.47. The number of carbonyl (C=O) groups is 3. The van der Waals surface area contributed by atoms with Gasteiger partial charge in [0.15, 0.2) is 0 Å². The number of nitrogens with zero attached hydrogens (tertiary/aromatic N) is 2. The minimum absolute atomic E-state index is 0.115. The van der Waals surface area contributed by atoms with E-state index in [1.807, 2.05) is 18.2 Å². The fraction of sp³-hybridized carbons (Fsp3) is 0.471. The summed E-state index contributed by atoms with van der Waals surface area (Å²) in [5, 5.41) is 2.75. The van der Waals surface area contributed by atoms with E-state index in [9.17, 15) is 14.4 Å². The molecule has 0 bridgehead atoms. The van der Waals surface area contributed by atoms with Crippen LogP contribution in [0.4, 0.5) is 10.5 Å². The Hall–Kier alpha value is -2.57. The first-order valence-electron chi connectivity index (χ1n) is 8.08. The van der Waals surface area contributed by atoms with E-state index in [0.29, 0.717) is 38.2 Å². The number of anilines is 1. The quantitative estimate of drug-likeness (QED) is 0.848. The highest BCUT2D eigenvalue weighted by atomic mass is 16.6. The Morgan fingerprint density at radius 2 is 1.83 bits per heavy atom. The normalized spacial score (nSPS) is 14.8. The lowest BCUT2D eigenvalue weighted by molar-refractivity contribution is -0.138. The van der Waals surface area contributed by atoms with Gasteiger partial charge in [-0.25, -0.2) is 4.79 Å². The van der Waals surface area contributed by atoms with Gasteiger partial charge in [-0.1, -0.05) is 18.2 Å². The number of nitrogens with one attached hydrogen (secondary N) is 1. The van der Waals surface area contributed by atoms with Gasteiger partial charge >= 0.3 is 17.9 Å². The van der Waals surface area contributed by atoms with Crippen LogP contribution in [0.1, 0.15) is 19.8 Å². The molecule has 7 heteroatoms. The Morgan fingerprint density at radius 3 is 2.42 bits per heavy atom. The van der Waals surface area contributed by atoms with E-state index in [0.717, 1.165) is 0 Å². The summed E-state index contributed by atoms with van der Waals surface area (Å²) in [5.74, 6) is -1.23. The molecule has 0 unspecified atom stereocenters. The number of piperidine rings is 1.